The summed E-state index contributed by atoms with van der Waals surface area (Å²) in [5, 5.41) is 5.18. The number of nitrogens with one attached hydrogen (secondary N) is 2. The zero-order valence-electron chi connectivity index (χ0n) is 17.6. The van der Waals surface area contributed by atoms with E-state index in [1.165, 1.54) is 0 Å². The smallest absolute Gasteiger partial charge is 0.251 e. The number of fused-ring (bicyclic) bond motifs is 1. The standard InChI is InChI=1S/C25H28N2O2S/c1-5-22(26-24(28)19-13-7-6-8-14-19)23(27-30(29)25(2,3)4)21-17-11-15-18-12-9-10-16-20(18)21/h5-17,22-23,27H,1H2,2-4H3,(H,26,28)/t22-,23+,30?/m0/s1. The van der Waals surface area contributed by atoms with Gasteiger partial charge in [-0.1, -0.05) is 66.7 Å². The fourth-order valence-corrected chi connectivity index (χ4v) is 4.10. The number of hydrogen-bond acceptors (Lipinski definition) is 2. The minimum atomic E-state index is -1.34. The van der Waals surface area contributed by atoms with Crippen molar-refractivity contribution in [2.24, 2.45) is 0 Å². The SMILES string of the molecule is C=C[C@H](NC(=O)c1ccccc1)[C@H](NS(=O)C(C)(C)C)c1cccc2ccccc12. The Morgan fingerprint density at radius 3 is 2.27 bits per heavy atom. The molecule has 0 saturated carbocycles. The topological polar surface area (TPSA) is 58.2 Å². The van der Waals surface area contributed by atoms with Crippen LogP contribution in [0.15, 0.2) is 85.5 Å². The molecule has 0 aliphatic rings. The van der Waals surface area contributed by atoms with E-state index in [-0.39, 0.29) is 5.91 Å². The van der Waals surface area contributed by atoms with Gasteiger partial charge < -0.3 is 5.32 Å². The lowest BCUT2D eigenvalue weighted by atomic mass is 9.94. The molecule has 0 aromatic heterocycles. The summed E-state index contributed by atoms with van der Waals surface area (Å²) in [4.78, 5) is 12.8. The fourth-order valence-electron chi connectivity index (χ4n) is 3.25. The summed E-state index contributed by atoms with van der Waals surface area (Å²) in [6.07, 6.45) is 1.69. The molecular weight excluding hydrogens is 392 g/mol. The number of carbonyl (C=O) groups excluding carboxylic acids is 1. The van der Waals surface area contributed by atoms with Crippen LogP contribution in [0, 0.1) is 0 Å². The van der Waals surface area contributed by atoms with Crippen LogP contribution in [0.2, 0.25) is 0 Å². The zero-order valence-corrected chi connectivity index (χ0v) is 18.4. The van der Waals surface area contributed by atoms with Crippen molar-refractivity contribution in [2.75, 3.05) is 0 Å². The van der Waals surface area contributed by atoms with Crippen molar-refractivity contribution < 1.29 is 9.00 Å². The van der Waals surface area contributed by atoms with Gasteiger partial charge in [-0.2, -0.15) is 0 Å². The Bertz CT molecular complexity index is 1050. The van der Waals surface area contributed by atoms with Crippen LogP contribution in [0.4, 0.5) is 0 Å². The van der Waals surface area contributed by atoms with Gasteiger partial charge >= 0.3 is 0 Å². The first-order valence-corrected chi connectivity index (χ1v) is 11.1. The number of carbonyl (C=O) groups is 1. The third kappa shape index (κ3) is 5.04. The second-order valence-corrected chi connectivity index (χ2v) is 10.1. The van der Waals surface area contributed by atoms with Crippen LogP contribution in [0.5, 0.6) is 0 Å². The number of rotatable bonds is 7. The van der Waals surface area contributed by atoms with E-state index in [4.69, 9.17) is 0 Å². The van der Waals surface area contributed by atoms with Gasteiger partial charge in [0.2, 0.25) is 0 Å². The Morgan fingerprint density at radius 1 is 0.967 bits per heavy atom. The van der Waals surface area contributed by atoms with E-state index in [2.05, 4.69) is 16.6 Å². The minimum absolute atomic E-state index is 0.200. The van der Waals surface area contributed by atoms with Crippen molar-refractivity contribution in [2.45, 2.75) is 37.6 Å². The average Bonchev–Trinajstić information content (AvgIpc) is 2.75. The first kappa shape index (κ1) is 21.9. The molecule has 0 aliphatic carbocycles. The maximum absolute atomic E-state index is 13.0. The molecule has 5 heteroatoms. The molecule has 3 atom stereocenters. The molecule has 0 heterocycles. The Hall–Kier alpha value is -2.76. The van der Waals surface area contributed by atoms with Crippen LogP contribution >= 0.6 is 0 Å². The van der Waals surface area contributed by atoms with Crippen LogP contribution in [-0.4, -0.2) is 20.9 Å². The molecule has 3 rings (SSSR count). The molecule has 0 fully saturated rings. The predicted octanol–water partition coefficient (Wildman–Crippen LogP) is 4.92. The summed E-state index contributed by atoms with van der Waals surface area (Å²) >= 11 is 0. The Balaban J connectivity index is 2.02. The molecule has 3 aromatic rings. The van der Waals surface area contributed by atoms with Gasteiger partial charge in [-0.15, -0.1) is 6.58 Å². The number of amides is 1. The molecule has 0 radical (unpaired) electrons. The molecule has 30 heavy (non-hydrogen) atoms. The van der Waals surface area contributed by atoms with Crippen LogP contribution in [0.3, 0.4) is 0 Å². The van der Waals surface area contributed by atoms with Gasteiger partial charge in [0.1, 0.15) is 0 Å². The number of hydrogen-bond donors (Lipinski definition) is 2. The third-order valence-corrected chi connectivity index (χ3v) is 6.48. The zero-order chi connectivity index (χ0) is 21.7. The first-order chi connectivity index (χ1) is 14.3. The normalized spacial score (nSPS) is 14.6. The summed E-state index contributed by atoms with van der Waals surface area (Å²) in [6.45, 7) is 9.71. The lowest BCUT2D eigenvalue weighted by Gasteiger charge is -2.30. The second kappa shape index (κ2) is 9.37. The largest absolute Gasteiger partial charge is 0.344 e. The summed E-state index contributed by atoms with van der Waals surface area (Å²) in [5.74, 6) is -0.200. The lowest BCUT2D eigenvalue weighted by molar-refractivity contribution is 0.0939. The molecule has 1 unspecified atom stereocenters. The van der Waals surface area contributed by atoms with Crippen molar-refractivity contribution in [1.29, 1.82) is 0 Å². The average molecular weight is 421 g/mol. The molecule has 156 valence electrons. The lowest BCUT2D eigenvalue weighted by Crippen LogP contribution is -2.46. The van der Waals surface area contributed by atoms with Gasteiger partial charge in [-0.25, -0.2) is 8.93 Å². The van der Waals surface area contributed by atoms with Gasteiger partial charge in [-0.3, -0.25) is 4.79 Å². The second-order valence-electron chi connectivity index (χ2n) is 8.15. The Labute approximate surface area is 181 Å². The van der Waals surface area contributed by atoms with Crippen molar-refractivity contribution in [3.8, 4) is 0 Å². The maximum atomic E-state index is 13.0. The molecule has 0 saturated heterocycles. The van der Waals surface area contributed by atoms with E-state index in [0.717, 1.165) is 16.3 Å². The van der Waals surface area contributed by atoms with Crippen molar-refractivity contribution in [1.82, 2.24) is 10.0 Å². The highest BCUT2D eigenvalue weighted by Gasteiger charge is 2.29. The van der Waals surface area contributed by atoms with Crippen molar-refractivity contribution in [3.63, 3.8) is 0 Å². The van der Waals surface area contributed by atoms with Crippen LogP contribution in [0.25, 0.3) is 10.8 Å². The van der Waals surface area contributed by atoms with Gasteiger partial charge in [0.15, 0.2) is 0 Å². The van der Waals surface area contributed by atoms with E-state index in [0.29, 0.717) is 5.56 Å². The van der Waals surface area contributed by atoms with E-state index in [1.54, 1.807) is 18.2 Å². The van der Waals surface area contributed by atoms with E-state index < -0.39 is 27.8 Å². The van der Waals surface area contributed by atoms with Crippen molar-refractivity contribution in [3.05, 3.63) is 96.6 Å². The molecule has 3 aromatic carbocycles. The highest BCUT2D eigenvalue weighted by atomic mass is 32.2. The van der Waals surface area contributed by atoms with Gasteiger partial charge in [0, 0.05) is 5.56 Å². The molecule has 2 N–H and O–H groups in total. The maximum Gasteiger partial charge on any atom is 0.251 e. The molecule has 0 spiro atoms. The number of benzene rings is 3. The summed E-state index contributed by atoms with van der Waals surface area (Å²) in [6, 6.07) is 22.3. The van der Waals surface area contributed by atoms with Gasteiger partial charge in [0.25, 0.3) is 5.91 Å². The van der Waals surface area contributed by atoms with Gasteiger partial charge in [-0.05, 0) is 49.2 Å². The van der Waals surface area contributed by atoms with E-state index in [9.17, 15) is 9.00 Å². The van der Waals surface area contributed by atoms with E-state index in [1.807, 2.05) is 81.4 Å². The van der Waals surface area contributed by atoms with Crippen LogP contribution < -0.4 is 10.0 Å². The molecular formula is C25H28N2O2S. The molecule has 0 aliphatic heterocycles. The Morgan fingerprint density at radius 2 is 1.60 bits per heavy atom. The van der Waals surface area contributed by atoms with Crippen molar-refractivity contribution >= 4 is 27.7 Å². The predicted molar refractivity (Wildman–Crippen MR) is 126 cm³/mol. The molecule has 0 bridgehead atoms. The fraction of sp³-hybridized carbons (Fsp3) is 0.240. The quantitative estimate of drug-likeness (QED) is 0.533. The highest BCUT2D eigenvalue weighted by Crippen LogP contribution is 2.28. The Kier molecular flexibility index (Phi) is 6.85. The first-order valence-electron chi connectivity index (χ1n) is 9.95. The summed E-state index contributed by atoms with van der Waals surface area (Å²) in [5.41, 5.74) is 1.53. The molecule has 1 amide bonds. The summed E-state index contributed by atoms with van der Waals surface area (Å²) < 4.78 is 15.8. The minimum Gasteiger partial charge on any atom is -0.344 e. The summed E-state index contributed by atoms with van der Waals surface area (Å²) in [7, 11) is -1.34. The molecule has 4 nitrogen and oxygen atoms in total. The monoisotopic (exact) mass is 420 g/mol. The third-order valence-electron chi connectivity index (χ3n) is 4.90. The van der Waals surface area contributed by atoms with Crippen LogP contribution in [-0.2, 0) is 11.0 Å². The van der Waals surface area contributed by atoms with Gasteiger partial charge in [0.05, 0.1) is 27.8 Å². The van der Waals surface area contributed by atoms with Crippen LogP contribution in [0.1, 0.15) is 42.7 Å². The highest BCUT2D eigenvalue weighted by molar-refractivity contribution is 7.84. The van der Waals surface area contributed by atoms with E-state index >= 15 is 0 Å².